The van der Waals surface area contributed by atoms with E-state index in [2.05, 4.69) is 15.0 Å². The van der Waals surface area contributed by atoms with E-state index in [-0.39, 0.29) is 0 Å². The van der Waals surface area contributed by atoms with Gasteiger partial charge in [-0.15, -0.1) is 11.3 Å². The third-order valence-corrected chi connectivity index (χ3v) is 5.18. The quantitative estimate of drug-likeness (QED) is 0.681. The molecule has 1 aromatic rings. The van der Waals surface area contributed by atoms with Crippen LogP contribution < -0.4 is 10.0 Å². The summed E-state index contributed by atoms with van der Waals surface area (Å²) in [7, 11) is -1.93. The standard InChI is InChI=1S/C12H24N4O2S2/c1-5-13-7-6-8-16(4)20(17,18)15-12-14-11(9-19-12)10(2)3/h9-10,13H,5-8H2,1-4H3,(H,14,15). The fourth-order valence-corrected chi connectivity index (χ4v) is 3.53. The van der Waals surface area contributed by atoms with Gasteiger partial charge in [-0.1, -0.05) is 20.8 Å². The van der Waals surface area contributed by atoms with Crippen LogP contribution in [0.4, 0.5) is 5.13 Å². The van der Waals surface area contributed by atoms with Crippen LogP contribution in [-0.4, -0.2) is 44.4 Å². The van der Waals surface area contributed by atoms with Crippen molar-refractivity contribution in [3.8, 4) is 0 Å². The van der Waals surface area contributed by atoms with Gasteiger partial charge >= 0.3 is 10.2 Å². The first-order valence-electron chi connectivity index (χ1n) is 6.77. The Hall–Kier alpha value is -0.700. The van der Waals surface area contributed by atoms with Crippen LogP contribution in [0.5, 0.6) is 0 Å². The fourth-order valence-electron chi connectivity index (χ4n) is 1.51. The van der Waals surface area contributed by atoms with E-state index in [1.54, 1.807) is 7.05 Å². The molecule has 0 amide bonds. The smallest absolute Gasteiger partial charge is 0.303 e. The molecule has 1 rings (SSSR count). The van der Waals surface area contributed by atoms with Crippen molar-refractivity contribution in [2.75, 3.05) is 31.4 Å². The first-order valence-corrected chi connectivity index (χ1v) is 9.09. The van der Waals surface area contributed by atoms with Crippen LogP contribution in [0.25, 0.3) is 0 Å². The molecule has 0 spiro atoms. The number of nitrogens with one attached hydrogen (secondary N) is 2. The lowest BCUT2D eigenvalue weighted by atomic mass is 10.2. The molecule has 116 valence electrons. The molecule has 0 aromatic carbocycles. The molecule has 20 heavy (non-hydrogen) atoms. The van der Waals surface area contributed by atoms with Crippen molar-refractivity contribution >= 4 is 26.7 Å². The van der Waals surface area contributed by atoms with Gasteiger partial charge in [-0.05, 0) is 25.4 Å². The lowest BCUT2D eigenvalue weighted by Crippen LogP contribution is -2.34. The molecule has 1 aromatic heterocycles. The first kappa shape index (κ1) is 17.4. The van der Waals surface area contributed by atoms with E-state index < -0.39 is 10.2 Å². The van der Waals surface area contributed by atoms with Crippen molar-refractivity contribution in [1.29, 1.82) is 0 Å². The summed E-state index contributed by atoms with van der Waals surface area (Å²) < 4.78 is 28.0. The highest BCUT2D eigenvalue weighted by Gasteiger charge is 2.19. The van der Waals surface area contributed by atoms with Crippen LogP contribution in [0.3, 0.4) is 0 Å². The predicted octanol–water partition coefficient (Wildman–Crippen LogP) is 1.85. The highest BCUT2D eigenvalue weighted by molar-refractivity contribution is 7.90. The average Bonchev–Trinajstić information content (AvgIpc) is 2.82. The Morgan fingerprint density at radius 2 is 2.15 bits per heavy atom. The fraction of sp³-hybridized carbons (Fsp3) is 0.750. The Bertz CT molecular complexity index is 499. The maximum absolute atomic E-state index is 12.1. The van der Waals surface area contributed by atoms with Crippen LogP contribution in [0, 0.1) is 0 Å². The van der Waals surface area contributed by atoms with Crippen molar-refractivity contribution in [2.45, 2.75) is 33.1 Å². The van der Waals surface area contributed by atoms with Gasteiger partial charge in [-0.3, -0.25) is 0 Å². The summed E-state index contributed by atoms with van der Waals surface area (Å²) in [4.78, 5) is 4.28. The average molecular weight is 320 g/mol. The van der Waals surface area contributed by atoms with Crippen molar-refractivity contribution in [3.63, 3.8) is 0 Å². The zero-order valence-electron chi connectivity index (χ0n) is 12.5. The lowest BCUT2D eigenvalue weighted by Gasteiger charge is -2.17. The van der Waals surface area contributed by atoms with Gasteiger partial charge in [-0.25, -0.2) is 9.71 Å². The summed E-state index contributed by atoms with van der Waals surface area (Å²) in [6.45, 7) is 8.26. The molecule has 0 fully saturated rings. The van der Waals surface area contributed by atoms with Gasteiger partial charge in [0.2, 0.25) is 0 Å². The minimum atomic E-state index is -3.51. The SMILES string of the molecule is CCNCCCN(C)S(=O)(=O)Nc1nc(C(C)C)cs1. The number of hydrogen-bond donors (Lipinski definition) is 2. The molecule has 0 saturated heterocycles. The molecule has 0 saturated carbocycles. The summed E-state index contributed by atoms with van der Waals surface area (Å²) in [6, 6.07) is 0. The van der Waals surface area contributed by atoms with Gasteiger partial charge < -0.3 is 5.32 Å². The number of anilines is 1. The van der Waals surface area contributed by atoms with E-state index in [0.29, 0.717) is 17.6 Å². The minimum Gasteiger partial charge on any atom is -0.317 e. The molecule has 6 nitrogen and oxygen atoms in total. The second-order valence-electron chi connectivity index (χ2n) is 4.87. The van der Waals surface area contributed by atoms with Crippen molar-refractivity contribution in [1.82, 2.24) is 14.6 Å². The Kier molecular flexibility index (Phi) is 6.87. The van der Waals surface area contributed by atoms with Crippen molar-refractivity contribution in [3.05, 3.63) is 11.1 Å². The zero-order chi connectivity index (χ0) is 15.2. The molecule has 0 bridgehead atoms. The third kappa shape index (κ3) is 5.35. The Balaban J connectivity index is 2.54. The highest BCUT2D eigenvalue weighted by atomic mass is 32.2. The number of nitrogens with zero attached hydrogens (tertiary/aromatic N) is 2. The van der Waals surface area contributed by atoms with Gasteiger partial charge in [0.15, 0.2) is 5.13 Å². The number of rotatable bonds is 9. The van der Waals surface area contributed by atoms with Gasteiger partial charge in [-0.2, -0.15) is 12.7 Å². The molecule has 1 heterocycles. The third-order valence-electron chi connectivity index (χ3n) is 2.82. The zero-order valence-corrected chi connectivity index (χ0v) is 14.1. The summed E-state index contributed by atoms with van der Waals surface area (Å²) in [5.41, 5.74) is 0.905. The Morgan fingerprint density at radius 1 is 1.45 bits per heavy atom. The van der Waals surface area contributed by atoms with Crippen LogP contribution >= 0.6 is 11.3 Å². The van der Waals surface area contributed by atoms with E-state index in [0.717, 1.165) is 25.2 Å². The van der Waals surface area contributed by atoms with E-state index in [1.807, 2.05) is 26.2 Å². The highest BCUT2D eigenvalue weighted by Crippen LogP contribution is 2.22. The monoisotopic (exact) mass is 320 g/mol. The van der Waals surface area contributed by atoms with E-state index >= 15 is 0 Å². The van der Waals surface area contributed by atoms with E-state index in [4.69, 9.17) is 0 Å². The normalized spacial score (nSPS) is 12.3. The number of hydrogen-bond acceptors (Lipinski definition) is 5. The molecule has 0 aliphatic rings. The van der Waals surface area contributed by atoms with Crippen molar-refractivity contribution < 1.29 is 8.42 Å². The summed E-state index contributed by atoms with van der Waals surface area (Å²) in [5.74, 6) is 0.294. The molecule has 0 atom stereocenters. The second-order valence-corrected chi connectivity index (χ2v) is 7.50. The van der Waals surface area contributed by atoms with E-state index in [9.17, 15) is 8.42 Å². The number of aromatic nitrogens is 1. The maximum atomic E-state index is 12.1. The summed E-state index contributed by atoms with van der Waals surface area (Å²) >= 11 is 1.31. The van der Waals surface area contributed by atoms with E-state index in [1.165, 1.54) is 15.6 Å². The molecule has 8 heteroatoms. The molecule has 0 aliphatic carbocycles. The summed E-state index contributed by atoms with van der Waals surface area (Å²) in [5, 5.41) is 5.47. The second kappa shape index (κ2) is 7.92. The van der Waals surface area contributed by atoms with Crippen LogP contribution in [0.15, 0.2) is 5.38 Å². The van der Waals surface area contributed by atoms with Crippen molar-refractivity contribution in [2.24, 2.45) is 0 Å². The maximum Gasteiger partial charge on any atom is 0.303 e. The lowest BCUT2D eigenvalue weighted by molar-refractivity contribution is 0.459. The minimum absolute atomic E-state index is 0.294. The first-order chi connectivity index (χ1) is 9.36. The van der Waals surface area contributed by atoms with Gasteiger partial charge in [0, 0.05) is 19.0 Å². The van der Waals surface area contributed by atoms with Gasteiger partial charge in [0.1, 0.15) is 0 Å². The predicted molar refractivity (Wildman–Crippen MR) is 84.5 cm³/mol. The van der Waals surface area contributed by atoms with Crippen LogP contribution in [0.2, 0.25) is 0 Å². The Morgan fingerprint density at radius 3 is 2.70 bits per heavy atom. The molecule has 0 radical (unpaired) electrons. The largest absolute Gasteiger partial charge is 0.317 e. The molecular weight excluding hydrogens is 296 g/mol. The number of thiazole rings is 1. The van der Waals surface area contributed by atoms with Gasteiger partial charge in [0.25, 0.3) is 0 Å². The Labute approximate surface area is 125 Å². The molecule has 2 N–H and O–H groups in total. The molecule has 0 aliphatic heterocycles. The van der Waals surface area contributed by atoms with Crippen LogP contribution in [0.1, 0.15) is 38.8 Å². The summed E-state index contributed by atoms with van der Waals surface area (Å²) in [6.07, 6.45) is 0.778. The molecular formula is C12H24N4O2S2. The molecule has 0 unspecified atom stereocenters. The van der Waals surface area contributed by atoms with Gasteiger partial charge in [0.05, 0.1) is 5.69 Å². The topological polar surface area (TPSA) is 74.3 Å². The van der Waals surface area contributed by atoms with Crippen LogP contribution in [-0.2, 0) is 10.2 Å².